The van der Waals surface area contributed by atoms with Crippen LogP contribution in [0.4, 0.5) is 0 Å². The molecule has 0 unspecified atom stereocenters. The number of aromatic nitrogens is 2. The van der Waals surface area contributed by atoms with Crippen molar-refractivity contribution >= 4 is 11.0 Å². The number of hydrogen-bond donors (Lipinski definition) is 0. The van der Waals surface area contributed by atoms with E-state index in [0.29, 0.717) is 0 Å². The van der Waals surface area contributed by atoms with Crippen molar-refractivity contribution in [1.29, 1.82) is 0 Å². The third-order valence-electron chi connectivity index (χ3n) is 4.05. The summed E-state index contributed by atoms with van der Waals surface area (Å²) in [5.41, 5.74) is 2.61. The summed E-state index contributed by atoms with van der Waals surface area (Å²) in [5, 5.41) is 1.35. The summed E-state index contributed by atoms with van der Waals surface area (Å²) in [6.07, 6.45) is 12.5. The van der Waals surface area contributed by atoms with Crippen molar-refractivity contribution in [3.8, 4) is 0 Å². The van der Waals surface area contributed by atoms with E-state index >= 15 is 0 Å². The number of pyridine rings is 1. The molecule has 0 aliphatic heterocycles. The number of rotatable bonds is 2. The zero-order valence-corrected chi connectivity index (χ0v) is 10.5. The Labute approximate surface area is 103 Å². The fourth-order valence-electron chi connectivity index (χ4n) is 3.16. The first-order valence-corrected chi connectivity index (χ1v) is 6.73. The molecule has 0 atom stereocenters. The Morgan fingerprint density at radius 1 is 1.29 bits per heavy atom. The second-order valence-corrected chi connectivity index (χ2v) is 5.35. The van der Waals surface area contributed by atoms with Crippen LogP contribution in [0.15, 0.2) is 24.5 Å². The molecule has 1 aliphatic rings. The van der Waals surface area contributed by atoms with Crippen molar-refractivity contribution in [2.75, 3.05) is 0 Å². The van der Waals surface area contributed by atoms with Gasteiger partial charge in [0.25, 0.3) is 0 Å². The first kappa shape index (κ1) is 10.8. The van der Waals surface area contributed by atoms with Crippen molar-refractivity contribution in [3.05, 3.63) is 30.1 Å². The van der Waals surface area contributed by atoms with E-state index in [0.717, 1.165) is 11.6 Å². The van der Waals surface area contributed by atoms with Crippen molar-refractivity contribution in [2.24, 2.45) is 13.0 Å². The van der Waals surface area contributed by atoms with Crippen molar-refractivity contribution in [2.45, 2.75) is 38.5 Å². The smallest absolute Gasteiger partial charge is 0.139 e. The van der Waals surface area contributed by atoms with Gasteiger partial charge in [-0.05, 0) is 30.0 Å². The quantitative estimate of drug-likeness (QED) is 0.766. The zero-order chi connectivity index (χ0) is 11.7. The maximum absolute atomic E-state index is 4.46. The lowest BCUT2D eigenvalue weighted by Crippen LogP contribution is -2.08. The summed E-state index contributed by atoms with van der Waals surface area (Å²) < 4.78 is 2.16. The fourth-order valence-corrected chi connectivity index (χ4v) is 3.16. The van der Waals surface area contributed by atoms with E-state index < -0.39 is 0 Å². The summed E-state index contributed by atoms with van der Waals surface area (Å²) in [6.45, 7) is 0. The van der Waals surface area contributed by atoms with Gasteiger partial charge >= 0.3 is 0 Å². The molecule has 0 spiro atoms. The molecule has 0 radical (unpaired) electrons. The molecule has 1 aliphatic carbocycles. The van der Waals surface area contributed by atoms with E-state index in [-0.39, 0.29) is 0 Å². The van der Waals surface area contributed by atoms with Crippen LogP contribution < -0.4 is 0 Å². The van der Waals surface area contributed by atoms with Crippen molar-refractivity contribution in [3.63, 3.8) is 0 Å². The molecule has 2 nitrogen and oxygen atoms in total. The normalized spacial score (nSPS) is 17.7. The lowest BCUT2D eigenvalue weighted by Gasteiger charge is -2.21. The molecule has 1 saturated carbocycles. The Balaban J connectivity index is 1.89. The molecule has 2 heterocycles. The highest BCUT2D eigenvalue weighted by Gasteiger charge is 2.16. The Hall–Kier alpha value is -1.31. The molecule has 1 fully saturated rings. The van der Waals surface area contributed by atoms with Gasteiger partial charge in [0.05, 0.1) is 0 Å². The molecule has 3 rings (SSSR count). The highest BCUT2D eigenvalue weighted by Crippen LogP contribution is 2.29. The lowest BCUT2D eigenvalue weighted by molar-refractivity contribution is 0.357. The topological polar surface area (TPSA) is 17.8 Å². The predicted molar refractivity (Wildman–Crippen MR) is 71.0 cm³/mol. The molecular weight excluding hydrogens is 208 g/mol. The molecule has 0 amide bonds. The van der Waals surface area contributed by atoms with Gasteiger partial charge in [-0.3, -0.25) is 0 Å². The second kappa shape index (κ2) is 4.52. The number of hydrogen-bond acceptors (Lipinski definition) is 1. The first-order valence-electron chi connectivity index (χ1n) is 6.73. The Kier molecular flexibility index (Phi) is 2.87. The molecule has 2 aromatic heterocycles. The summed E-state index contributed by atoms with van der Waals surface area (Å²) in [7, 11) is 2.10. The van der Waals surface area contributed by atoms with Gasteiger partial charge in [-0.2, -0.15) is 0 Å². The highest BCUT2D eigenvalue weighted by molar-refractivity contribution is 5.80. The van der Waals surface area contributed by atoms with Crippen LogP contribution in [0, 0.1) is 5.92 Å². The number of fused-ring (bicyclic) bond motifs is 1. The van der Waals surface area contributed by atoms with Gasteiger partial charge in [0.1, 0.15) is 5.65 Å². The van der Waals surface area contributed by atoms with Crippen LogP contribution >= 0.6 is 0 Å². The molecule has 2 aromatic rings. The van der Waals surface area contributed by atoms with E-state index in [1.54, 1.807) is 0 Å². The minimum atomic E-state index is 0.898. The summed E-state index contributed by atoms with van der Waals surface area (Å²) in [4.78, 5) is 4.46. The van der Waals surface area contributed by atoms with Gasteiger partial charge in [0.2, 0.25) is 0 Å². The van der Waals surface area contributed by atoms with Crippen LogP contribution in [0.5, 0.6) is 0 Å². The Morgan fingerprint density at radius 2 is 2.12 bits per heavy atom. The maximum atomic E-state index is 4.46. The molecule has 2 heteroatoms. The van der Waals surface area contributed by atoms with E-state index in [9.17, 15) is 0 Å². The third-order valence-corrected chi connectivity index (χ3v) is 4.05. The monoisotopic (exact) mass is 228 g/mol. The fraction of sp³-hybridized carbons (Fsp3) is 0.533. The van der Waals surface area contributed by atoms with Crippen LogP contribution in [0.1, 0.15) is 37.7 Å². The highest BCUT2D eigenvalue weighted by atomic mass is 15.0. The number of nitrogens with zero attached hydrogens (tertiary/aromatic N) is 2. The van der Waals surface area contributed by atoms with Gasteiger partial charge < -0.3 is 4.57 Å². The van der Waals surface area contributed by atoms with Crippen LogP contribution in [0.25, 0.3) is 11.0 Å². The summed E-state index contributed by atoms with van der Waals surface area (Å²) in [6, 6.07) is 4.26. The third kappa shape index (κ3) is 2.08. The minimum absolute atomic E-state index is 0.898. The first-order chi connectivity index (χ1) is 8.34. The zero-order valence-electron chi connectivity index (χ0n) is 10.5. The molecular formula is C15H20N2. The summed E-state index contributed by atoms with van der Waals surface area (Å²) in [5.74, 6) is 0.898. The molecule has 0 N–H and O–H groups in total. The van der Waals surface area contributed by atoms with E-state index in [1.807, 2.05) is 12.3 Å². The minimum Gasteiger partial charge on any atom is -0.335 e. The van der Waals surface area contributed by atoms with Gasteiger partial charge in [-0.25, -0.2) is 4.98 Å². The standard InChI is InChI=1S/C15H20N2/c1-17-11-13(10-12-6-3-2-4-7-12)14-8-5-9-16-15(14)17/h5,8-9,11-12H,2-4,6-7,10H2,1H3. The van der Waals surface area contributed by atoms with E-state index in [2.05, 4.69) is 28.9 Å². The molecule has 17 heavy (non-hydrogen) atoms. The van der Waals surface area contributed by atoms with Crippen molar-refractivity contribution < 1.29 is 0 Å². The molecule has 0 saturated heterocycles. The molecule has 90 valence electrons. The predicted octanol–water partition coefficient (Wildman–Crippen LogP) is 3.70. The van der Waals surface area contributed by atoms with Crippen LogP contribution in [-0.2, 0) is 13.5 Å². The average molecular weight is 228 g/mol. The van der Waals surface area contributed by atoms with E-state index in [4.69, 9.17) is 0 Å². The van der Waals surface area contributed by atoms with Crippen molar-refractivity contribution in [1.82, 2.24) is 9.55 Å². The van der Waals surface area contributed by atoms with Gasteiger partial charge in [-0.15, -0.1) is 0 Å². The molecule has 0 aromatic carbocycles. The Morgan fingerprint density at radius 3 is 2.94 bits per heavy atom. The summed E-state index contributed by atoms with van der Waals surface area (Å²) >= 11 is 0. The van der Waals surface area contributed by atoms with E-state index in [1.165, 1.54) is 49.5 Å². The van der Waals surface area contributed by atoms with Crippen LogP contribution in [0.2, 0.25) is 0 Å². The van der Waals surface area contributed by atoms with Gasteiger partial charge in [-0.1, -0.05) is 32.1 Å². The van der Waals surface area contributed by atoms with Crippen LogP contribution in [-0.4, -0.2) is 9.55 Å². The molecule has 0 bridgehead atoms. The SMILES string of the molecule is Cn1cc(CC2CCCCC2)c2cccnc21. The largest absolute Gasteiger partial charge is 0.335 e. The maximum Gasteiger partial charge on any atom is 0.139 e. The Bertz CT molecular complexity index is 507. The van der Waals surface area contributed by atoms with Gasteiger partial charge in [0, 0.05) is 24.8 Å². The number of aryl methyl sites for hydroxylation is 1. The van der Waals surface area contributed by atoms with Crippen LogP contribution in [0.3, 0.4) is 0 Å². The second-order valence-electron chi connectivity index (χ2n) is 5.35. The van der Waals surface area contributed by atoms with Gasteiger partial charge in [0.15, 0.2) is 0 Å². The average Bonchev–Trinajstić information content (AvgIpc) is 2.69. The lowest BCUT2D eigenvalue weighted by atomic mass is 9.85.